The Morgan fingerprint density at radius 1 is 1.15 bits per heavy atom. The summed E-state index contributed by atoms with van der Waals surface area (Å²) < 4.78 is 33.6. The van der Waals surface area contributed by atoms with Crippen LogP contribution < -0.4 is 0 Å². The number of rotatable bonds is 5. The highest BCUT2D eigenvalue weighted by Crippen LogP contribution is 2.18. The molecule has 8 heteroatoms. The van der Waals surface area contributed by atoms with Crippen molar-refractivity contribution in [1.29, 1.82) is 0 Å². The number of benzene rings is 2. The predicted molar refractivity (Wildman–Crippen MR) is 93.1 cm³/mol. The summed E-state index contributed by atoms with van der Waals surface area (Å²) in [7, 11) is -3.42. The third-order valence-corrected chi connectivity index (χ3v) is 4.79. The van der Waals surface area contributed by atoms with E-state index in [4.69, 9.17) is 9.26 Å². The van der Waals surface area contributed by atoms with E-state index in [1.807, 2.05) is 30.3 Å². The van der Waals surface area contributed by atoms with Crippen LogP contribution in [0, 0.1) is 6.92 Å². The molecule has 1 aromatic heterocycles. The van der Waals surface area contributed by atoms with Crippen LogP contribution in [0.25, 0.3) is 11.4 Å². The van der Waals surface area contributed by atoms with E-state index in [0.29, 0.717) is 11.4 Å². The van der Waals surface area contributed by atoms with Crippen LogP contribution >= 0.6 is 0 Å². The van der Waals surface area contributed by atoms with Crippen molar-refractivity contribution < 1.29 is 22.5 Å². The second-order valence-electron chi connectivity index (χ2n) is 5.70. The molecule has 3 rings (SSSR count). The highest BCUT2D eigenvalue weighted by molar-refractivity contribution is 7.90. The average molecular weight is 372 g/mol. The largest absolute Gasteiger partial charge is 0.452 e. The van der Waals surface area contributed by atoms with Gasteiger partial charge in [0.2, 0.25) is 5.82 Å². The molecule has 7 nitrogen and oxygen atoms in total. The summed E-state index contributed by atoms with van der Waals surface area (Å²) in [6.07, 6.45) is 1.08. The van der Waals surface area contributed by atoms with E-state index < -0.39 is 15.8 Å². The number of carbonyl (C=O) groups is 1. The standard InChI is InChI=1S/C18H16N2O5S/c1-12-8-9-14(26(2,22)23)10-15(12)18(21)24-11-16-19-17(20-25-16)13-6-4-3-5-7-13/h3-10H,11H2,1-2H3. The van der Waals surface area contributed by atoms with Crippen molar-refractivity contribution in [2.24, 2.45) is 0 Å². The third-order valence-electron chi connectivity index (χ3n) is 3.68. The Balaban J connectivity index is 1.73. The lowest BCUT2D eigenvalue weighted by Crippen LogP contribution is -2.09. The number of esters is 1. The van der Waals surface area contributed by atoms with Crippen LogP contribution in [0.3, 0.4) is 0 Å². The summed E-state index contributed by atoms with van der Waals surface area (Å²) in [5.41, 5.74) is 1.57. The molecule has 2 aromatic carbocycles. The van der Waals surface area contributed by atoms with Crippen LogP contribution in [0.15, 0.2) is 57.9 Å². The van der Waals surface area contributed by atoms with Gasteiger partial charge in [-0.05, 0) is 24.6 Å². The second-order valence-corrected chi connectivity index (χ2v) is 7.72. The van der Waals surface area contributed by atoms with E-state index in [2.05, 4.69) is 10.1 Å². The number of ether oxygens (including phenoxy) is 1. The number of carbonyl (C=O) groups excluding carboxylic acids is 1. The molecule has 3 aromatic rings. The monoisotopic (exact) mass is 372 g/mol. The summed E-state index contributed by atoms with van der Waals surface area (Å²) in [5, 5.41) is 3.84. The molecule has 0 aliphatic rings. The Hall–Kier alpha value is -3.00. The van der Waals surface area contributed by atoms with E-state index in [0.717, 1.165) is 11.8 Å². The third kappa shape index (κ3) is 3.97. The van der Waals surface area contributed by atoms with Gasteiger partial charge in [-0.2, -0.15) is 4.98 Å². The van der Waals surface area contributed by atoms with Crippen molar-refractivity contribution in [3.63, 3.8) is 0 Å². The lowest BCUT2D eigenvalue weighted by molar-refractivity contribution is 0.0428. The van der Waals surface area contributed by atoms with Gasteiger partial charge in [0.1, 0.15) is 0 Å². The van der Waals surface area contributed by atoms with Gasteiger partial charge < -0.3 is 9.26 Å². The fraction of sp³-hybridized carbons (Fsp3) is 0.167. The minimum atomic E-state index is -3.42. The maximum absolute atomic E-state index is 12.3. The molecule has 0 saturated carbocycles. The van der Waals surface area contributed by atoms with Gasteiger partial charge in [0.25, 0.3) is 5.89 Å². The van der Waals surface area contributed by atoms with Gasteiger partial charge in [0.05, 0.1) is 10.5 Å². The van der Waals surface area contributed by atoms with E-state index in [9.17, 15) is 13.2 Å². The topological polar surface area (TPSA) is 99.4 Å². The number of nitrogens with zero attached hydrogens (tertiary/aromatic N) is 2. The molecule has 0 fully saturated rings. The Bertz CT molecular complexity index is 1040. The molecule has 134 valence electrons. The van der Waals surface area contributed by atoms with Crippen LogP contribution in [0.2, 0.25) is 0 Å². The van der Waals surface area contributed by atoms with Crippen molar-refractivity contribution in [2.75, 3.05) is 6.26 Å². The fourth-order valence-electron chi connectivity index (χ4n) is 2.27. The number of hydrogen-bond acceptors (Lipinski definition) is 7. The number of sulfone groups is 1. The fourth-order valence-corrected chi connectivity index (χ4v) is 2.92. The Morgan fingerprint density at radius 3 is 2.58 bits per heavy atom. The molecule has 0 unspecified atom stereocenters. The number of aryl methyl sites for hydroxylation is 1. The van der Waals surface area contributed by atoms with Gasteiger partial charge >= 0.3 is 5.97 Å². The molecule has 0 N–H and O–H groups in total. The zero-order chi connectivity index (χ0) is 18.7. The van der Waals surface area contributed by atoms with Crippen LogP contribution in [-0.4, -0.2) is 30.8 Å². The van der Waals surface area contributed by atoms with E-state index in [1.54, 1.807) is 13.0 Å². The molecule has 1 heterocycles. The van der Waals surface area contributed by atoms with Crippen LogP contribution in [0.1, 0.15) is 21.8 Å². The highest BCUT2D eigenvalue weighted by atomic mass is 32.2. The number of hydrogen-bond donors (Lipinski definition) is 0. The molecule has 0 aliphatic heterocycles. The Morgan fingerprint density at radius 2 is 1.88 bits per heavy atom. The van der Waals surface area contributed by atoms with Gasteiger partial charge in [-0.3, -0.25) is 0 Å². The zero-order valence-electron chi connectivity index (χ0n) is 14.2. The molecule has 0 spiro atoms. The van der Waals surface area contributed by atoms with Gasteiger partial charge in [0, 0.05) is 11.8 Å². The maximum Gasteiger partial charge on any atom is 0.338 e. The summed E-state index contributed by atoms with van der Waals surface area (Å²) in [4.78, 5) is 16.5. The first-order chi connectivity index (χ1) is 12.3. The van der Waals surface area contributed by atoms with E-state index in [-0.39, 0.29) is 23.0 Å². The first-order valence-electron chi connectivity index (χ1n) is 7.70. The first-order valence-corrected chi connectivity index (χ1v) is 9.59. The molecule has 0 atom stereocenters. The molecular formula is C18H16N2O5S. The minimum Gasteiger partial charge on any atom is -0.452 e. The van der Waals surface area contributed by atoms with Crippen molar-refractivity contribution in [3.05, 3.63) is 65.5 Å². The highest BCUT2D eigenvalue weighted by Gasteiger charge is 2.17. The van der Waals surface area contributed by atoms with E-state index >= 15 is 0 Å². The Labute approximate surface area is 150 Å². The lowest BCUT2D eigenvalue weighted by Gasteiger charge is -2.07. The van der Waals surface area contributed by atoms with Gasteiger partial charge in [-0.25, -0.2) is 13.2 Å². The zero-order valence-corrected chi connectivity index (χ0v) is 15.0. The van der Waals surface area contributed by atoms with Crippen LogP contribution in [-0.2, 0) is 21.2 Å². The lowest BCUT2D eigenvalue weighted by atomic mass is 10.1. The SMILES string of the molecule is Cc1ccc(S(C)(=O)=O)cc1C(=O)OCc1nc(-c2ccccc2)no1. The van der Waals surface area contributed by atoms with Gasteiger partial charge in [-0.15, -0.1) is 0 Å². The first kappa shape index (κ1) is 17.8. The molecule has 0 radical (unpaired) electrons. The predicted octanol–water partition coefficient (Wildman–Crippen LogP) is 2.81. The van der Waals surface area contributed by atoms with E-state index in [1.165, 1.54) is 12.1 Å². The van der Waals surface area contributed by atoms with Gasteiger partial charge in [-0.1, -0.05) is 41.6 Å². The maximum atomic E-state index is 12.3. The van der Waals surface area contributed by atoms with Crippen molar-refractivity contribution in [2.45, 2.75) is 18.4 Å². The summed E-state index contributed by atoms with van der Waals surface area (Å²) in [6.45, 7) is 1.49. The smallest absolute Gasteiger partial charge is 0.338 e. The molecule has 0 saturated heterocycles. The Kier molecular flexibility index (Phi) is 4.85. The minimum absolute atomic E-state index is 0.0548. The quantitative estimate of drug-likeness (QED) is 0.635. The molecule has 0 aliphatic carbocycles. The summed E-state index contributed by atoms with van der Waals surface area (Å²) in [6, 6.07) is 13.6. The second kappa shape index (κ2) is 7.09. The summed E-state index contributed by atoms with van der Waals surface area (Å²) >= 11 is 0. The van der Waals surface area contributed by atoms with Crippen molar-refractivity contribution in [3.8, 4) is 11.4 Å². The van der Waals surface area contributed by atoms with Crippen LogP contribution in [0.5, 0.6) is 0 Å². The molecular weight excluding hydrogens is 356 g/mol. The van der Waals surface area contributed by atoms with Crippen LogP contribution in [0.4, 0.5) is 0 Å². The van der Waals surface area contributed by atoms with Gasteiger partial charge in [0.15, 0.2) is 16.4 Å². The summed E-state index contributed by atoms with van der Waals surface area (Å²) in [5.74, 6) is -0.117. The molecule has 26 heavy (non-hydrogen) atoms. The van der Waals surface area contributed by atoms with Crippen molar-refractivity contribution >= 4 is 15.8 Å². The normalized spacial score (nSPS) is 11.3. The number of aromatic nitrogens is 2. The van der Waals surface area contributed by atoms with Crippen molar-refractivity contribution in [1.82, 2.24) is 10.1 Å². The average Bonchev–Trinajstić information content (AvgIpc) is 3.09. The molecule has 0 amide bonds. The molecule has 0 bridgehead atoms.